The van der Waals surface area contributed by atoms with Crippen molar-refractivity contribution in [3.8, 4) is 0 Å². The van der Waals surface area contributed by atoms with Gasteiger partial charge in [-0.15, -0.1) is 0 Å². The third-order valence-corrected chi connectivity index (χ3v) is 2.74. The molecule has 5 heteroatoms. The number of morpholine rings is 1. The van der Waals surface area contributed by atoms with Gasteiger partial charge < -0.3 is 9.64 Å². The van der Waals surface area contributed by atoms with Crippen molar-refractivity contribution in [3.05, 3.63) is 29.6 Å². The second-order valence-corrected chi connectivity index (χ2v) is 3.88. The number of hydrogen-bond acceptors (Lipinski definition) is 3. The molecular weight excluding hydrogens is 233 g/mol. The third-order valence-electron chi connectivity index (χ3n) is 2.53. The van der Waals surface area contributed by atoms with E-state index in [1.807, 2.05) is 4.90 Å². The first-order chi connectivity index (χ1) is 7.68. The average Bonchev–Trinajstić information content (AvgIpc) is 2.30. The first kappa shape index (κ1) is 11.4. The van der Waals surface area contributed by atoms with Crippen molar-refractivity contribution in [2.24, 2.45) is 0 Å². The third kappa shape index (κ3) is 2.33. The summed E-state index contributed by atoms with van der Waals surface area (Å²) in [6.07, 6.45) is 0. The van der Waals surface area contributed by atoms with Crippen LogP contribution in [0, 0.1) is 5.82 Å². The summed E-state index contributed by atoms with van der Waals surface area (Å²) in [5.41, 5.74) is 0.668. The Morgan fingerprint density at radius 2 is 2.06 bits per heavy atom. The number of nitrogens with zero attached hydrogens (tertiary/aromatic N) is 1. The van der Waals surface area contributed by atoms with E-state index in [9.17, 15) is 9.18 Å². The summed E-state index contributed by atoms with van der Waals surface area (Å²) in [6.45, 7) is 2.50. The molecule has 16 heavy (non-hydrogen) atoms. The van der Waals surface area contributed by atoms with Crippen LogP contribution in [0.5, 0.6) is 0 Å². The van der Waals surface area contributed by atoms with Crippen LogP contribution >= 0.6 is 11.6 Å². The lowest BCUT2D eigenvalue weighted by atomic mass is 10.2. The Balaban J connectivity index is 2.24. The van der Waals surface area contributed by atoms with Crippen molar-refractivity contribution in [3.63, 3.8) is 0 Å². The minimum absolute atomic E-state index is 0.177. The number of carbonyl (C=O) groups is 1. The molecule has 1 heterocycles. The zero-order valence-electron chi connectivity index (χ0n) is 8.58. The maximum atomic E-state index is 13.7. The Kier molecular flexibility index (Phi) is 3.41. The van der Waals surface area contributed by atoms with Crippen LogP contribution in [0.4, 0.5) is 10.1 Å². The van der Waals surface area contributed by atoms with E-state index in [1.165, 1.54) is 12.1 Å². The summed E-state index contributed by atoms with van der Waals surface area (Å²) in [5, 5.41) is -0.646. The lowest BCUT2D eigenvalue weighted by Gasteiger charge is -2.29. The molecule has 0 aromatic heterocycles. The SMILES string of the molecule is O=C(Cl)c1ccc(N2CCOCC2)c(F)c1. The topological polar surface area (TPSA) is 29.5 Å². The second-order valence-electron chi connectivity index (χ2n) is 3.54. The highest BCUT2D eigenvalue weighted by Gasteiger charge is 2.16. The Labute approximate surface area is 97.8 Å². The van der Waals surface area contributed by atoms with Crippen LogP contribution < -0.4 is 4.90 Å². The number of anilines is 1. The van der Waals surface area contributed by atoms with Crippen LogP contribution in [0.25, 0.3) is 0 Å². The van der Waals surface area contributed by atoms with Crippen molar-refractivity contribution in [1.82, 2.24) is 0 Å². The van der Waals surface area contributed by atoms with Gasteiger partial charge in [0, 0.05) is 18.7 Å². The quantitative estimate of drug-likeness (QED) is 0.745. The van der Waals surface area contributed by atoms with Gasteiger partial charge in [-0.25, -0.2) is 4.39 Å². The smallest absolute Gasteiger partial charge is 0.252 e. The zero-order chi connectivity index (χ0) is 11.5. The normalized spacial score (nSPS) is 16.2. The molecule has 1 aromatic rings. The van der Waals surface area contributed by atoms with E-state index in [0.29, 0.717) is 32.0 Å². The maximum Gasteiger partial charge on any atom is 0.252 e. The molecule has 86 valence electrons. The lowest BCUT2D eigenvalue weighted by Crippen LogP contribution is -2.36. The van der Waals surface area contributed by atoms with E-state index >= 15 is 0 Å². The van der Waals surface area contributed by atoms with Crippen molar-refractivity contribution in [1.29, 1.82) is 0 Å². The molecule has 0 aliphatic carbocycles. The fourth-order valence-electron chi connectivity index (χ4n) is 1.69. The first-order valence-corrected chi connectivity index (χ1v) is 5.38. The van der Waals surface area contributed by atoms with Gasteiger partial charge in [-0.1, -0.05) is 0 Å². The van der Waals surface area contributed by atoms with Crippen LogP contribution in [-0.2, 0) is 4.74 Å². The number of carbonyl (C=O) groups excluding carboxylic acids is 1. The van der Waals surface area contributed by atoms with Crippen LogP contribution in [0.15, 0.2) is 18.2 Å². The minimum Gasteiger partial charge on any atom is -0.378 e. The van der Waals surface area contributed by atoms with Gasteiger partial charge in [-0.2, -0.15) is 0 Å². The Morgan fingerprint density at radius 1 is 1.38 bits per heavy atom. The minimum atomic E-state index is -0.646. The molecule has 0 bridgehead atoms. The standard InChI is InChI=1S/C11H11ClFNO2/c12-11(15)8-1-2-10(9(13)7-8)14-3-5-16-6-4-14/h1-2,7H,3-6H2. The number of benzene rings is 1. The molecular formula is C11H11ClFNO2. The number of ether oxygens (including phenoxy) is 1. The molecule has 0 saturated carbocycles. The Bertz CT molecular complexity index is 405. The number of rotatable bonds is 2. The van der Waals surface area contributed by atoms with Gasteiger partial charge in [0.15, 0.2) is 0 Å². The molecule has 0 amide bonds. The van der Waals surface area contributed by atoms with E-state index in [2.05, 4.69) is 0 Å². The van der Waals surface area contributed by atoms with Gasteiger partial charge in [0.2, 0.25) is 0 Å². The van der Waals surface area contributed by atoms with Crippen LogP contribution in [0.3, 0.4) is 0 Å². The lowest BCUT2D eigenvalue weighted by molar-refractivity contribution is 0.108. The maximum absolute atomic E-state index is 13.7. The van der Waals surface area contributed by atoms with Crippen LogP contribution in [0.2, 0.25) is 0 Å². The summed E-state index contributed by atoms with van der Waals surface area (Å²) in [7, 11) is 0. The van der Waals surface area contributed by atoms with Gasteiger partial charge in [0.1, 0.15) is 5.82 Å². The predicted octanol–water partition coefficient (Wildman–Crippen LogP) is 2.04. The van der Waals surface area contributed by atoms with Gasteiger partial charge >= 0.3 is 0 Å². The summed E-state index contributed by atoms with van der Waals surface area (Å²) < 4.78 is 18.9. The Morgan fingerprint density at radius 3 is 2.62 bits per heavy atom. The molecule has 1 aliphatic rings. The molecule has 1 fully saturated rings. The summed E-state index contributed by atoms with van der Waals surface area (Å²) in [4.78, 5) is 12.7. The summed E-state index contributed by atoms with van der Waals surface area (Å²) >= 11 is 5.27. The number of halogens is 2. The molecule has 0 spiro atoms. The van der Waals surface area contributed by atoms with E-state index in [1.54, 1.807) is 6.07 Å². The van der Waals surface area contributed by atoms with E-state index in [4.69, 9.17) is 16.3 Å². The van der Waals surface area contributed by atoms with Gasteiger partial charge in [0.05, 0.1) is 18.9 Å². The van der Waals surface area contributed by atoms with Crippen LogP contribution in [0.1, 0.15) is 10.4 Å². The van der Waals surface area contributed by atoms with Gasteiger partial charge in [-0.3, -0.25) is 4.79 Å². The molecule has 0 N–H and O–H groups in total. The van der Waals surface area contributed by atoms with E-state index in [-0.39, 0.29) is 5.56 Å². The molecule has 1 aliphatic heterocycles. The monoisotopic (exact) mass is 243 g/mol. The molecule has 2 rings (SSSR count). The molecule has 1 aromatic carbocycles. The fourth-order valence-corrected chi connectivity index (χ4v) is 1.81. The van der Waals surface area contributed by atoms with Crippen molar-refractivity contribution < 1.29 is 13.9 Å². The largest absolute Gasteiger partial charge is 0.378 e. The predicted molar refractivity (Wildman–Crippen MR) is 59.6 cm³/mol. The highest BCUT2D eigenvalue weighted by molar-refractivity contribution is 6.67. The summed E-state index contributed by atoms with van der Waals surface area (Å²) in [6, 6.07) is 4.28. The van der Waals surface area contributed by atoms with Crippen molar-refractivity contribution in [2.75, 3.05) is 31.2 Å². The molecule has 0 atom stereocenters. The second kappa shape index (κ2) is 4.80. The average molecular weight is 244 g/mol. The highest BCUT2D eigenvalue weighted by atomic mass is 35.5. The van der Waals surface area contributed by atoms with Crippen molar-refractivity contribution in [2.45, 2.75) is 0 Å². The Hall–Kier alpha value is -1.13. The first-order valence-electron chi connectivity index (χ1n) is 5.00. The van der Waals surface area contributed by atoms with E-state index in [0.717, 1.165) is 0 Å². The molecule has 1 saturated heterocycles. The highest BCUT2D eigenvalue weighted by Crippen LogP contribution is 2.22. The van der Waals surface area contributed by atoms with Gasteiger partial charge in [0.25, 0.3) is 5.24 Å². The number of hydrogen-bond donors (Lipinski definition) is 0. The molecule has 0 radical (unpaired) electrons. The summed E-state index contributed by atoms with van der Waals surface area (Å²) in [5.74, 6) is -0.423. The molecule has 3 nitrogen and oxygen atoms in total. The van der Waals surface area contributed by atoms with E-state index < -0.39 is 11.1 Å². The van der Waals surface area contributed by atoms with Crippen LogP contribution in [-0.4, -0.2) is 31.5 Å². The fraction of sp³-hybridized carbons (Fsp3) is 0.364. The zero-order valence-corrected chi connectivity index (χ0v) is 9.34. The molecule has 0 unspecified atom stereocenters. The van der Waals surface area contributed by atoms with Gasteiger partial charge in [-0.05, 0) is 29.8 Å². The van der Waals surface area contributed by atoms with Crippen molar-refractivity contribution >= 4 is 22.5 Å².